The maximum Gasteiger partial charge on any atom is 0.417 e. The minimum absolute atomic E-state index is 0. The summed E-state index contributed by atoms with van der Waals surface area (Å²) in [7, 11) is 0. The number of ether oxygens (including phenoxy) is 1. The van der Waals surface area contributed by atoms with Crippen molar-refractivity contribution in [3.05, 3.63) is 23.9 Å². The SMILES string of the molecule is CCNC(=NCCOc1ccc(C(F)(F)F)cn1)NC(C)C.I. The Morgan fingerprint density at radius 3 is 2.52 bits per heavy atom. The van der Waals surface area contributed by atoms with E-state index in [1.165, 1.54) is 6.07 Å². The van der Waals surface area contributed by atoms with E-state index in [1.54, 1.807) is 0 Å². The van der Waals surface area contributed by atoms with Crippen molar-refractivity contribution in [3.63, 3.8) is 0 Å². The highest BCUT2D eigenvalue weighted by Crippen LogP contribution is 2.29. The van der Waals surface area contributed by atoms with Gasteiger partial charge >= 0.3 is 6.18 Å². The molecule has 0 amide bonds. The Morgan fingerprint density at radius 1 is 1.35 bits per heavy atom. The first-order valence-electron chi connectivity index (χ1n) is 7.03. The van der Waals surface area contributed by atoms with Crippen LogP contribution in [0, 0.1) is 0 Å². The molecule has 0 atom stereocenters. The van der Waals surface area contributed by atoms with Crippen LogP contribution in [0.5, 0.6) is 5.88 Å². The van der Waals surface area contributed by atoms with Crippen LogP contribution in [-0.4, -0.2) is 36.7 Å². The van der Waals surface area contributed by atoms with Crippen molar-refractivity contribution in [2.75, 3.05) is 19.7 Å². The van der Waals surface area contributed by atoms with E-state index in [0.717, 1.165) is 18.8 Å². The molecule has 0 spiro atoms. The largest absolute Gasteiger partial charge is 0.476 e. The molecule has 0 aliphatic heterocycles. The van der Waals surface area contributed by atoms with Gasteiger partial charge in [-0.05, 0) is 26.8 Å². The molecular formula is C14H22F3IN4O. The predicted molar refractivity (Wildman–Crippen MR) is 94.4 cm³/mol. The summed E-state index contributed by atoms with van der Waals surface area (Å²) >= 11 is 0. The van der Waals surface area contributed by atoms with Crippen LogP contribution in [0.3, 0.4) is 0 Å². The topological polar surface area (TPSA) is 58.5 Å². The monoisotopic (exact) mass is 446 g/mol. The van der Waals surface area contributed by atoms with Crippen molar-refractivity contribution in [2.24, 2.45) is 4.99 Å². The lowest BCUT2D eigenvalue weighted by Crippen LogP contribution is -2.41. The summed E-state index contributed by atoms with van der Waals surface area (Å²) in [5.74, 6) is 0.812. The van der Waals surface area contributed by atoms with Crippen LogP contribution >= 0.6 is 24.0 Å². The Balaban J connectivity index is 0.00000484. The van der Waals surface area contributed by atoms with Gasteiger partial charge in [-0.15, -0.1) is 24.0 Å². The van der Waals surface area contributed by atoms with Gasteiger partial charge < -0.3 is 15.4 Å². The molecule has 1 aromatic rings. The van der Waals surface area contributed by atoms with Gasteiger partial charge in [0, 0.05) is 24.8 Å². The van der Waals surface area contributed by atoms with Crippen LogP contribution in [0.25, 0.3) is 0 Å². The molecule has 0 aliphatic carbocycles. The van der Waals surface area contributed by atoms with Crippen LogP contribution < -0.4 is 15.4 Å². The summed E-state index contributed by atoms with van der Waals surface area (Å²) in [6.07, 6.45) is -3.64. The third-order valence-corrected chi connectivity index (χ3v) is 2.44. The number of aromatic nitrogens is 1. The van der Waals surface area contributed by atoms with Gasteiger partial charge in [0.15, 0.2) is 5.96 Å². The molecule has 0 saturated heterocycles. The fraction of sp³-hybridized carbons (Fsp3) is 0.571. The standard InChI is InChI=1S/C14H21F3N4O.HI/c1-4-18-13(21-10(2)3)19-7-8-22-12-6-5-11(9-20-12)14(15,16)17;/h5-6,9-10H,4,7-8H2,1-3H3,(H2,18,19,21);1H. The van der Waals surface area contributed by atoms with Gasteiger partial charge in [0.1, 0.15) is 6.61 Å². The molecule has 0 unspecified atom stereocenters. The van der Waals surface area contributed by atoms with Crippen molar-refractivity contribution in [1.82, 2.24) is 15.6 Å². The Labute approximate surface area is 151 Å². The number of alkyl halides is 3. The lowest BCUT2D eigenvalue weighted by molar-refractivity contribution is -0.137. The van der Waals surface area contributed by atoms with E-state index in [9.17, 15) is 13.2 Å². The highest BCUT2D eigenvalue weighted by atomic mass is 127. The van der Waals surface area contributed by atoms with Crippen molar-refractivity contribution >= 4 is 29.9 Å². The molecule has 9 heteroatoms. The van der Waals surface area contributed by atoms with E-state index in [0.29, 0.717) is 12.5 Å². The number of nitrogens with zero attached hydrogens (tertiary/aromatic N) is 2. The maximum absolute atomic E-state index is 12.4. The van der Waals surface area contributed by atoms with Crippen molar-refractivity contribution in [2.45, 2.75) is 33.0 Å². The third-order valence-electron chi connectivity index (χ3n) is 2.44. The summed E-state index contributed by atoms with van der Waals surface area (Å²) in [5.41, 5.74) is -0.798. The van der Waals surface area contributed by atoms with Crippen LogP contribution in [0.2, 0.25) is 0 Å². The molecule has 0 aromatic carbocycles. The highest BCUT2D eigenvalue weighted by Gasteiger charge is 2.30. The molecule has 0 fully saturated rings. The smallest absolute Gasteiger partial charge is 0.417 e. The predicted octanol–water partition coefficient (Wildman–Crippen LogP) is 3.06. The fourth-order valence-corrected chi connectivity index (χ4v) is 1.53. The first kappa shape index (κ1) is 21.7. The number of rotatable bonds is 6. The van der Waals surface area contributed by atoms with Gasteiger partial charge in [0.25, 0.3) is 0 Å². The molecule has 23 heavy (non-hydrogen) atoms. The first-order valence-corrected chi connectivity index (χ1v) is 7.03. The van der Waals surface area contributed by atoms with E-state index in [1.807, 2.05) is 20.8 Å². The molecule has 5 nitrogen and oxygen atoms in total. The second-order valence-electron chi connectivity index (χ2n) is 4.79. The highest BCUT2D eigenvalue weighted by molar-refractivity contribution is 14.0. The third kappa shape index (κ3) is 8.82. The van der Waals surface area contributed by atoms with Crippen LogP contribution in [-0.2, 0) is 6.18 Å². The molecule has 1 rings (SSSR count). The van der Waals surface area contributed by atoms with Crippen LogP contribution in [0.4, 0.5) is 13.2 Å². The molecule has 0 bridgehead atoms. The Kier molecular flexibility index (Phi) is 9.93. The average molecular weight is 446 g/mol. The number of hydrogen-bond acceptors (Lipinski definition) is 3. The van der Waals surface area contributed by atoms with Crippen molar-refractivity contribution in [1.29, 1.82) is 0 Å². The van der Waals surface area contributed by atoms with Gasteiger partial charge in [0.2, 0.25) is 5.88 Å². The molecule has 132 valence electrons. The molecule has 1 heterocycles. The number of aliphatic imine (C=N–C) groups is 1. The minimum Gasteiger partial charge on any atom is -0.476 e. The van der Waals surface area contributed by atoms with Gasteiger partial charge in [0.05, 0.1) is 12.1 Å². The lowest BCUT2D eigenvalue weighted by atomic mass is 10.3. The summed E-state index contributed by atoms with van der Waals surface area (Å²) in [5, 5.41) is 6.23. The summed E-state index contributed by atoms with van der Waals surface area (Å²) < 4.78 is 42.4. The second kappa shape index (κ2) is 10.5. The maximum atomic E-state index is 12.4. The molecule has 1 aromatic heterocycles. The Morgan fingerprint density at radius 2 is 2.04 bits per heavy atom. The Hall–Kier alpha value is -1.26. The number of hydrogen-bond donors (Lipinski definition) is 2. The molecule has 0 saturated carbocycles. The molecule has 2 N–H and O–H groups in total. The second-order valence-corrected chi connectivity index (χ2v) is 4.79. The van der Waals surface area contributed by atoms with E-state index in [-0.39, 0.29) is 42.5 Å². The van der Waals surface area contributed by atoms with E-state index < -0.39 is 11.7 Å². The van der Waals surface area contributed by atoms with E-state index in [4.69, 9.17) is 4.74 Å². The van der Waals surface area contributed by atoms with Gasteiger partial charge in [-0.2, -0.15) is 13.2 Å². The van der Waals surface area contributed by atoms with E-state index in [2.05, 4.69) is 20.6 Å². The van der Waals surface area contributed by atoms with Crippen molar-refractivity contribution < 1.29 is 17.9 Å². The number of nitrogens with one attached hydrogen (secondary N) is 2. The molecular weight excluding hydrogens is 424 g/mol. The summed E-state index contributed by atoms with van der Waals surface area (Å²) in [6, 6.07) is 2.38. The zero-order valence-electron chi connectivity index (χ0n) is 13.3. The summed E-state index contributed by atoms with van der Waals surface area (Å²) in [4.78, 5) is 7.91. The normalized spacial score (nSPS) is 11.9. The van der Waals surface area contributed by atoms with Gasteiger partial charge in [-0.1, -0.05) is 0 Å². The Bertz CT molecular complexity index is 478. The molecule has 0 aliphatic rings. The van der Waals surface area contributed by atoms with Crippen molar-refractivity contribution in [3.8, 4) is 5.88 Å². The van der Waals surface area contributed by atoms with Crippen LogP contribution in [0.15, 0.2) is 23.3 Å². The van der Waals surface area contributed by atoms with Gasteiger partial charge in [-0.25, -0.2) is 9.98 Å². The zero-order chi connectivity index (χ0) is 16.6. The number of pyridine rings is 1. The molecule has 0 radical (unpaired) electrons. The zero-order valence-corrected chi connectivity index (χ0v) is 15.6. The number of halogens is 4. The number of guanidine groups is 1. The quantitative estimate of drug-likeness (QED) is 0.305. The lowest BCUT2D eigenvalue weighted by Gasteiger charge is -2.14. The fourth-order valence-electron chi connectivity index (χ4n) is 1.53. The summed E-state index contributed by atoms with van der Waals surface area (Å²) in [6.45, 7) is 7.28. The average Bonchev–Trinajstić information content (AvgIpc) is 2.42. The van der Waals surface area contributed by atoms with E-state index >= 15 is 0 Å². The van der Waals surface area contributed by atoms with Crippen LogP contribution in [0.1, 0.15) is 26.3 Å². The first-order chi connectivity index (χ1) is 10.3. The van der Waals surface area contributed by atoms with Gasteiger partial charge in [-0.3, -0.25) is 0 Å². The minimum atomic E-state index is -4.39.